The first-order valence-corrected chi connectivity index (χ1v) is 11.0. The Hall–Kier alpha value is -4.27. The number of nitrogens with two attached hydrogens (primary N) is 1. The van der Waals surface area contributed by atoms with Crippen LogP contribution in [-0.2, 0) is 13.0 Å². The van der Waals surface area contributed by atoms with Gasteiger partial charge in [0.15, 0.2) is 0 Å². The third-order valence-corrected chi connectivity index (χ3v) is 6.08. The molecule has 9 heteroatoms. The normalized spacial score (nSPS) is 11.2. The second kappa shape index (κ2) is 9.17. The van der Waals surface area contributed by atoms with Crippen LogP contribution in [0.25, 0.3) is 27.7 Å². The van der Waals surface area contributed by atoms with Crippen molar-refractivity contribution in [1.82, 2.24) is 14.5 Å². The summed E-state index contributed by atoms with van der Waals surface area (Å²) in [5.74, 6) is -2.67. The lowest BCUT2D eigenvalue weighted by Crippen LogP contribution is -2.14. The van der Waals surface area contributed by atoms with Crippen molar-refractivity contribution in [2.45, 2.75) is 33.2 Å². The van der Waals surface area contributed by atoms with E-state index >= 15 is 4.39 Å². The lowest BCUT2D eigenvalue weighted by Gasteiger charge is -2.12. The molecule has 0 aliphatic heterocycles. The number of carbonyl (C=O) groups is 1. The molecule has 0 spiro atoms. The highest BCUT2D eigenvalue weighted by Crippen LogP contribution is 2.39. The van der Waals surface area contributed by atoms with Gasteiger partial charge in [-0.1, -0.05) is 19.9 Å². The maximum Gasteiger partial charge on any atom is 0.353 e. The van der Waals surface area contributed by atoms with Crippen molar-refractivity contribution in [2.24, 2.45) is 5.73 Å². The molecular formula is C26H24F2N4O3. The molecule has 0 saturated carbocycles. The van der Waals surface area contributed by atoms with Gasteiger partial charge in [0.2, 0.25) is 5.95 Å². The number of hydrogen-bond donors (Lipinski definition) is 3. The van der Waals surface area contributed by atoms with E-state index in [0.29, 0.717) is 34.9 Å². The van der Waals surface area contributed by atoms with Gasteiger partial charge in [0.25, 0.3) is 5.56 Å². The van der Waals surface area contributed by atoms with Crippen LogP contribution >= 0.6 is 0 Å². The fourth-order valence-corrected chi connectivity index (χ4v) is 4.48. The third kappa shape index (κ3) is 4.09. The van der Waals surface area contributed by atoms with Crippen LogP contribution in [0, 0.1) is 18.7 Å². The van der Waals surface area contributed by atoms with Crippen LogP contribution in [0.2, 0.25) is 0 Å². The summed E-state index contributed by atoms with van der Waals surface area (Å²) in [5, 5.41) is 10.7. The van der Waals surface area contributed by atoms with Gasteiger partial charge in [0.05, 0.1) is 12.1 Å². The van der Waals surface area contributed by atoms with E-state index in [1.54, 1.807) is 13.0 Å². The molecule has 35 heavy (non-hydrogen) atoms. The molecular weight excluding hydrogens is 454 g/mol. The predicted octanol–water partition coefficient (Wildman–Crippen LogP) is 4.61. The average Bonchev–Trinajstić information content (AvgIpc) is 3.12. The van der Waals surface area contributed by atoms with E-state index in [0.717, 1.165) is 0 Å². The van der Waals surface area contributed by atoms with E-state index in [1.165, 1.54) is 35.2 Å². The van der Waals surface area contributed by atoms with Gasteiger partial charge >= 0.3 is 5.97 Å². The molecule has 180 valence electrons. The largest absolute Gasteiger partial charge is 0.477 e. The molecule has 0 amide bonds. The maximum absolute atomic E-state index is 15.2. The minimum Gasteiger partial charge on any atom is -0.477 e. The summed E-state index contributed by atoms with van der Waals surface area (Å²) in [5.41, 5.74) is 7.03. The van der Waals surface area contributed by atoms with Crippen molar-refractivity contribution < 1.29 is 18.7 Å². The van der Waals surface area contributed by atoms with Gasteiger partial charge in [0.1, 0.15) is 11.5 Å². The maximum atomic E-state index is 15.2. The van der Waals surface area contributed by atoms with Gasteiger partial charge in [-0.05, 0) is 48.7 Å². The Morgan fingerprint density at radius 3 is 2.69 bits per heavy atom. The molecule has 0 saturated heterocycles. The molecule has 0 aliphatic rings. The first-order chi connectivity index (χ1) is 16.6. The van der Waals surface area contributed by atoms with E-state index < -0.39 is 23.3 Å². The van der Waals surface area contributed by atoms with E-state index in [2.05, 4.69) is 16.5 Å². The van der Waals surface area contributed by atoms with Crippen molar-refractivity contribution in [2.75, 3.05) is 0 Å². The summed E-state index contributed by atoms with van der Waals surface area (Å²) in [4.78, 5) is 31.6. The van der Waals surface area contributed by atoms with Gasteiger partial charge in [-0.3, -0.25) is 4.79 Å². The SMILES string of the molecule is C=C(N)c1cnc(F)c(Cn2c(C(=O)O)c(-c3ccc[nH]c3=O)c3c(C)c(CCC)c(F)cc32)c1. The Bertz CT molecular complexity index is 1550. The lowest BCUT2D eigenvalue weighted by molar-refractivity contribution is 0.0687. The van der Waals surface area contributed by atoms with Gasteiger partial charge in [-0.15, -0.1) is 0 Å². The Morgan fingerprint density at radius 1 is 1.31 bits per heavy atom. The minimum atomic E-state index is -1.34. The number of aromatic carboxylic acids is 1. The molecule has 0 aliphatic carbocycles. The minimum absolute atomic E-state index is 0.0396. The third-order valence-electron chi connectivity index (χ3n) is 6.08. The lowest BCUT2D eigenvalue weighted by atomic mass is 9.94. The van der Waals surface area contributed by atoms with Crippen molar-refractivity contribution in [1.29, 1.82) is 0 Å². The van der Waals surface area contributed by atoms with Gasteiger partial charge in [-0.2, -0.15) is 4.39 Å². The van der Waals surface area contributed by atoms with Crippen molar-refractivity contribution in [3.63, 3.8) is 0 Å². The number of pyridine rings is 2. The zero-order valence-electron chi connectivity index (χ0n) is 19.3. The Balaban J connectivity index is 2.14. The van der Waals surface area contributed by atoms with Crippen LogP contribution < -0.4 is 11.3 Å². The number of carboxylic acid groups (broad SMARTS) is 1. The van der Waals surface area contributed by atoms with Gasteiger partial charge in [-0.25, -0.2) is 14.2 Å². The number of carboxylic acids is 1. The molecule has 4 aromatic rings. The van der Waals surface area contributed by atoms with Crippen LogP contribution in [0.5, 0.6) is 0 Å². The molecule has 4 rings (SSSR count). The number of fused-ring (bicyclic) bond motifs is 1. The van der Waals surface area contributed by atoms with E-state index in [-0.39, 0.29) is 40.1 Å². The predicted molar refractivity (Wildman–Crippen MR) is 130 cm³/mol. The summed E-state index contributed by atoms with van der Waals surface area (Å²) in [6, 6.07) is 5.76. The zero-order chi connectivity index (χ0) is 25.4. The van der Waals surface area contributed by atoms with Crippen molar-refractivity contribution in [3.05, 3.63) is 93.3 Å². The number of benzene rings is 1. The standard InChI is InChI=1S/C26H24F2N4O3/c1-4-6-17-13(2)21-20(10-19(17)27)32(12-16-9-15(14(3)29)11-31-24(16)28)23(26(34)35)22(21)18-7-5-8-30-25(18)33/h5,7-11H,3-4,6,12,29H2,1-2H3,(H,30,33)(H,34,35). The molecule has 0 bridgehead atoms. The summed E-state index contributed by atoms with van der Waals surface area (Å²) >= 11 is 0. The number of aryl methyl sites for hydroxylation is 1. The van der Waals surface area contributed by atoms with Crippen LogP contribution in [0.4, 0.5) is 8.78 Å². The number of H-pyrrole nitrogens is 1. The average molecular weight is 478 g/mol. The fraction of sp³-hybridized carbons (Fsp3) is 0.192. The molecule has 4 N–H and O–H groups in total. The summed E-state index contributed by atoms with van der Waals surface area (Å²) < 4.78 is 31.2. The van der Waals surface area contributed by atoms with E-state index in [4.69, 9.17) is 5.73 Å². The number of halogens is 2. The molecule has 3 aromatic heterocycles. The Kier molecular flexibility index (Phi) is 6.26. The highest BCUT2D eigenvalue weighted by Gasteiger charge is 2.28. The van der Waals surface area contributed by atoms with Crippen LogP contribution in [0.3, 0.4) is 0 Å². The number of rotatable bonds is 7. The van der Waals surface area contributed by atoms with Crippen LogP contribution in [-0.4, -0.2) is 25.6 Å². The van der Waals surface area contributed by atoms with Crippen molar-refractivity contribution >= 4 is 22.6 Å². The molecule has 7 nitrogen and oxygen atoms in total. The molecule has 0 atom stereocenters. The number of nitrogens with one attached hydrogen (secondary N) is 1. The smallest absolute Gasteiger partial charge is 0.353 e. The number of aromatic nitrogens is 3. The summed E-state index contributed by atoms with van der Waals surface area (Å²) in [6.07, 6.45) is 3.77. The Labute approximate surface area is 199 Å². The number of aromatic amines is 1. The quantitative estimate of drug-likeness (QED) is 0.336. The van der Waals surface area contributed by atoms with Gasteiger partial charge in [0, 0.05) is 45.7 Å². The fourth-order valence-electron chi connectivity index (χ4n) is 4.48. The summed E-state index contributed by atoms with van der Waals surface area (Å²) in [7, 11) is 0. The van der Waals surface area contributed by atoms with E-state index in [1.807, 2.05) is 6.92 Å². The zero-order valence-corrected chi connectivity index (χ0v) is 19.3. The Morgan fingerprint density at radius 2 is 2.06 bits per heavy atom. The molecule has 0 fully saturated rings. The highest BCUT2D eigenvalue weighted by molar-refractivity contribution is 6.09. The second-order valence-electron chi connectivity index (χ2n) is 8.33. The topological polar surface area (TPSA) is 114 Å². The van der Waals surface area contributed by atoms with Crippen LogP contribution in [0.1, 0.15) is 46.1 Å². The first-order valence-electron chi connectivity index (χ1n) is 11.0. The van der Waals surface area contributed by atoms with Gasteiger partial charge < -0.3 is 20.4 Å². The van der Waals surface area contributed by atoms with Crippen LogP contribution in [0.15, 0.2) is 48.0 Å². The highest BCUT2D eigenvalue weighted by atomic mass is 19.1. The number of nitrogens with zero attached hydrogens (tertiary/aromatic N) is 2. The van der Waals surface area contributed by atoms with Crippen molar-refractivity contribution in [3.8, 4) is 11.1 Å². The first kappa shape index (κ1) is 23.9. The molecule has 1 aromatic carbocycles. The second-order valence-corrected chi connectivity index (χ2v) is 8.33. The number of hydrogen-bond acceptors (Lipinski definition) is 4. The molecule has 3 heterocycles. The van der Waals surface area contributed by atoms with E-state index in [9.17, 15) is 19.1 Å². The monoisotopic (exact) mass is 478 g/mol. The molecule has 0 radical (unpaired) electrons. The summed E-state index contributed by atoms with van der Waals surface area (Å²) in [6.45, 7) is 6.96. The molecule has 0 unspecified atom stereocenters.